The Labute approximate surface area is 121 Å². The highest BCUT2D eigenvalue weighted by Gasteiger charge is 2.09. The summed E-state index contributed by atoms with van der Waals surface area (Å²) in [7, 11) is 0. The molecule has 0 atom stereocenters. The van der Waals surface area contributed by atoms with Crippen molar-refractivity contribution in [3.05, 3.63) is 70.3 Å². The van der Waals surface area contributed by atoms with Gasteiger partial charge in [0.2, 0.25) is 0 Å². The minimum Gasteiger partial charge on any atom is -0.330 e. The van der Waals surface area contributed by atoms with Crippen molar-refractivity contribution in [3.63, 3.8) is 0 Å². The lowest BCUT2D eigenvalue weighted by Gasteiger charge is -2.16. The Balaban J connectivity index is 1.78. The molecule has 0 radical (unpaired) electrons. The predicted molar refractivity (Wildman–Crippen MR) is 85.1 cm³/mol. The Morgan fingerprint density at radius 3 is 2.40 bits per heavy atom. The first-order chi connectivity index (χ1) is 9.85. The average molecular weight is 265 g/mol. The summed E-state index contributed by atoms with van der Waals surface area (Å²) < 4.78 is 0. The normalized spacial score (nSPS) is 14.1. The second kappa shape index (κ2) is 6.23. The van der Waals surface area contributed by atoms with Crippen LogP contribution in [0.4, 0.5) is 0 Å². The van der Waals surface area contributed by atoms with Gasteiger partial charge in [0.1, 0.15) is 0 Å². The first-order valence-corrected chi connectivity index (χ1v) is 7.74. The van der Waals surface area contributed by atoms with Crippen LogP contribution in [-0.2, 0) is 25.7 Å². The van der Waals surface area contributed by atoms with Crippen LogP contribution in [0, 0.1) is 0 Å². The van der Waals surface area contributed by atoms with Crippen molar-refractivity contribution in [1.29, 1.82) is 0 Å². The van der Waals surface area contributed by atoms with Crippen molar-refractivity contribution < 1.29 is 0 Å². The topological polar surface area (TPSA) is 26.0 Å². The van der Waals surface area contributed by atoms with E-state index in [1.165, 1.54) is 42.4 Å². The molecular formula is C19H23N. The zero-order chi connectivity index (χ0) is 13.8. The largest absolute Gasteiger partial charge is 0.330 e. The van der Waals surface area contributed by atoms with Crippen LogP contribution < -0.4 is 5.73 Å². The third kappa shape index (κ3) is 3.10. The van der Waals surface area contributed by atoms with Gasteiger partial charge in [-0.25, -0.2) is 0 Å². The zero-order valence-corrected chi connectivity index (χ0v) is 12.1. The summed E-state index contributed by atoms with van der Waals surface area (Å²) >= 11 is 0. The van der Waals surface area contributed by atoms with Crippen LogP contribution in [0.3, 0.4) is 0 Å². The number of fused-ring (bicyclic) bond motifs is 1. The Hall–Kier alpha value is -1.60. The third-order valence-electron chi connectivity index (χ3n) is 4.25. The van der Waals surface area contributed by atoms with E-state index < -0.39 is 0 Å². The van der Waals surface area contributed by atoms with Crippen LogP contribution >= 0.6 is 0 Å². The van der Waals surface area contributed by atoms with E-state index in [1.807, 2.05) is 0 Å². The number of benzene rings is 2. The van der Waals surface area contributed by atoms with Crippen LogP contribution in [0.2, 0.25) is 0 Å². The van der Waals surface area contributed by atoms with Gasteiger partial charge < -0.3 is 5.73 Å². The summed E-state index contributed by atoms with van der Waals surface area (Å²) in [4.78, 5) is 0. The molecule has 2 aromatic carbocycles. The molecule has 1 nitrogen and oxygen atoms in total. The molecule has 2 N–H and O–H groups in total. The van der Waals surface area contributed by atoms with Gasteiger partial charge in [0.15, 0.2) is 0 Å². The van der Waals surface area contributed by atoms with Crippen molar-refractivity contribution >= 4 is 0 Å². The van der Waals surface area contributed by atoms with Crippen LogP contribution in [0.5, 0.6) is 0 Å². The van der Waals surface area contributed by atoms with Crippen molar-refractivity contribution in [3.8, 4) is 0 Å². The first-order valence-electron chi connectivity index (χ1n) is 7.74. The summed E-state index contributed by atoms with van der Waals surface area (Å²) in [5.74, 6) is 0. The molecule has 0 saturated heterocycles. The van der Waals surface area contributed by atoms with Crippen LogP contribution in [-0.4, -0.2) is 6.54 Å². The molecule has 0 aromatic heterocycles. The Bertz CT molecular complexity index is 586. The van der Waals surface area contributed by atoms with Crippen LogP contribution in [0.15, 0.2) is 42.5 Å². The van der Waals surface area contributed by atoms with Gasteiger partial charge in [-0.15, -0.1) is 0 Å². The van der Waals surface area contributed by atoms with E-state index in [2.05, 4.69) is 42.5 Å². The molecule has 0 bridgehead atoms. The maximum atomic E-state index is 5.64. The Morgan fingerprint density at radius 2 is 1.55 bits per heavy atom. The summed E-state index contributed by atoms with van der Waals surface area (Å²) in [5, 5.41) is 0. The fourth-order valence-electron chi connectivity index (χ4n) is 3.19. The van der Waals surface area contributed by atoms with Crippen molar-refractivity contribution in [1.82, 2.24) is 0 Å². The molecule has 2 aromatic rings. The number of hydrogen-bond acceptors (Lipinski definition) is 1. The van der Waals surface area contributed by atoms with Gasteiger partial charge in [-0.3, -0.25) is 0 Å². The molecule has 0 amide bonds. The highest BCUT2D eigenvalue weighted by Crippen LogP contribution is 2.23. The molecule has 0 spiro atoms. The fraction of sp³-hybridized carbons (Fsp3) is 0.368. The second-order valence-electron chi connectivity index (χ2n) is 5.85. The molecular weight excluding hydrogens is 242 g/mol. The monoisotopic (exact) mass is 265 g/mol. The number of nitrogens with two attached hydrogens (primary N) is 1. The molecule has 0 unspecified atom stereocenters. The summed E-state index contributed by atoms with van der Waals surface area (Å²) in [6, 6.07) is 15.9. The van der Waals surface area contributed by atoms with Gasteiger partial charge in [-0.05, 0) is 72.9 Å². The summed E-state index contributed by atoms with van der Waals surface area (Å²) in [6.07, 6.45) is 7.23. The molecule has 1 heteroatoms. The average Bonchev–Trinajstić information content (AvgIpc) is 2.48. The van der Waals surface area contributed by atoms with E-state index in [1.54, 1.807) is 11.1 Å². The first kappa shape index (κ1) is 13.4. The SMILES string of the molecule is NCCc1cccc(Cc2ccc3c(c2)CCCC3)c1. The summed E-state index contributed by atoms with van der Waals surface area (Å²) in [5.41, 5.74) is 13.0. The highest BCUT2D eigenvalue weighted by molar-refractivity contribution is 5.37. The maximum absolute atomic E-state index is 5.64. The van der Waals surface area contributed by atoms with Crippen molar-refractivity contribution in [2.24, 2.45) is 5.73 Å². The van der Waals surface area contributed by atoms with E-state index in [9.17, 15) is 0 Å². The minimum absolute atomic E-state index is 0.725. The minimum atomic E-state index is 0.725. The van der Waals surface area contributed by atoms with Gasteiger partial charge in [0, 0.05) is 0 Å². The third-order valence-corrected chi connectivity index (χ3v) is 4.25. The summed E-state index contributed by atoms with van der Waals surface area (Å²) in [6.45, 7) is 0.725. The second-order valence-corrected chi connectivity index (χ2v) is 5.85. The molecule has 0 fully saturated rings. The van der Waals surface area contributed by atoms with E-state index in [0.29, 0.717) is 0 Å². The lowest BCUT2D eigenvalue weighted by molar-refractivity contribution is 0.684. The molecule has 0 heterocycles. The predicted octanol–water partition coefficient (Wildman–Crippen LogP) is 3.66. The van der Waals surface area contributed by atoms with Gasteiger partial charge in [0.05, 0.1) is 0 Å². The zero-order valence-electron chi connectivity index (χ0n) is 12.1. The molecule has 0 saturated carbocycles. The molecule has 0 aliphatic heterocycles. The van der Waals surface area contributed by atoms with Gasteiger partial charge in [0.25, 0.3) is 0 Å². The van der Waals surface area contributed by atoms with E-state index in [4.69, 9.17) is 5.73 Å². The van der Waals surface area contributed by atoms with Gasteiger partial charge in [-0.1, -0.05) is 42.5 Å². The molecule has 1 aliphatic rings. The van der Waals surface area contributed by atoms with Crippen molar-refractivity contribution in [2.45, 2.75) is 38.5 Å². The molecule has 3 rings (SSSR count). The number of hydrogen-bond donors (Lipinski definition) is 1. The molecule has 1 aliphatic carbocycles. The number of rotatable bonds is 4. The van der Waals surface area contributed by atoms with Gasteiger partial charge in [-0.2, -0.15) is 0 Å². The van der Waals surface area contributed by atoms with Gasteiger partial charge >= 0.3 is 0 Å². The lowest BCUT2D eigenvalue weighted by atomic mass is 9.89. The van der Waals surface area contributed by atoms with Crippen LogP contribution in [0.1, 0.15) is 40.7 Å². The Kier molecular flexibility index (Phi) is 4.17. The maximum Gasteiger partial charge on any atom is -0.00256 e. The van der Waals surface area contributed by atoms with Crippen LogP contribution in [0.25, 0.3) is 0 Å². The smallest absolute Gasteiger partial charge is 0.00256 e. The lowest BCUT2D eigenvalue weighted by Crippen LogP contribution is -2.04. The van der Waals surface area contributed by atoms with Crippen molar-refractivity contribution in [2.75, 3.05) is 6.54 Å². The van der Waals surface area contributed by atoms with E-state index in [0.717, 1.165) is 19.4 Å². The van der Waals surface area contributed by atoms with E-state index >= 15 is 0 Å². The van der Waals surface area contributed by atoms with E-state index in [-0.39, 0.29) is 0 Å². The Morgan fingerprint density at radius 1 is 0.800 bits per heavy atom. The fourth-order valence-corrected chi connectivity index (χ4v) is 3.19. The molecule has 20 heavy (non-hydrogen) atoms. The highest BCUT2D eigenvalue weighted by atomic mass is 14.5. The number of aryl methyl sites for hydroxylation is 2. The standard InChI is InChI=1S/C19H23N/c20-11-10-15-4-3-5-16(12-15)13-17-8-9-18-6-1-2-7-19(18)14-17/h3-5,8-9,12,14H,1-2,6-7,10-11,13,20H2. The quantitative estimate of drug-likeness (QED) is 0.897. The molecule has 104 valence electrons.